The van der Waals surface area contributed by atoms with Crippen molar-refractivity contribution in [1.82, 2.24) is 0 Å². The van der Waals surface area contributed by atoms with Crippen LogP contribution in [0, 0.1) is 0 Å². The maximum absolute atomic E-state index is 6.43. The van der Waals surface area contributed by atoms with E-state index in [-0.39, 0.29) is 6.04 Å². The molecular weight excluding hydrogens is 282 g/mol. The van der Waals surface area contributed by atoms with E-state index in [1.165, 1.54) is 10.1 Å². The number of methoxy groups -OCH3 is 2. The van der Waals surface area contributed by atoms with Gasteiger partial charge in [0.2, 0.25) is 0 Å². The number of thiophene rings is 1. The van der Waals surface area contributed by atoms with Crippen LogP contribution in [0.5, 0.6) is 11.5 Å². The van der Waals surface area contributed by atoms with Gasteiger partial charge < -0.3 is 15.2 Å². The van der Waals surface area contributed by atoms with Gasteiger partial charge in [0.25, 0.3) is 0 Å². The first-order valence-corrected chi connectivity index (χ1v) is 7.50. The van der Waals surface area contributed by atoms with Crippen molar-refractivity contribution < 1.29 is 9.47 Å². The summed E-state index contributed by atoms with van der Waals surface area (Å²) in [4.78, 5) is 1.13. The second kappa shape index (κ2) is 5.76. The SMILES string of the molecule is COc1cc(OC)cc(C(N)c2cc3ccccc3s2)c1. The average molecular weight is 299 g/mol. The predicted octanol–water partition coefficient (Wildman–Crippen LogP) is 3.97. The Morgan fingerprint density at radius 3 is 2.24 bits per heavy atom. The van der Waals surface area contributed by atoms with Gasteiger partial charge >= 0.3 is 0 Å². The Kier molecular flexibility index (Phi) is 3.82. The molecule has 0 saturated carbocycles. The highest BCUT2D eigenvalue weighted by Crippen LogP contribution is 2.34. The van der Waals surface area contributed by atoms with Crippen molar-refractivity contribution in [2.45, 2.75) is 6.04 Å². The highest BCUT2D eigenvalue weighted by molar-refractivity contribution is 7.19. The van der Waals surface area contributed by atoms with E-state index in [1.54, 1.807) is 25.6 Å². The molecule has 0 fully saturated rings. The summed E-state index contributed by atoms with van der Waals surface area (Å²) in [6.45, 7) is 0. The number of rotatable bonds is 4. The topological polar surface area (TPSA) is 44.5 Å². The van der Waals surface area contributed by atoms with Gasteiger partial charge in [-0.05, 0) is 35.2 Å². The zero-order valence-corrected chi connectivity index (χ0v) is 12.8. The number of hydrogen-bond donors (Lipinski definition) is 1. The van der Waals surface area contributed by atoms with E-state index in [4.69, 9.17) is 15.2 Å². The average Bonchev–Trinajstić information content (AvgIpc) is 2.97. The predicted molar refractivity (Wildman–Crippen MR) is 87.4 cm³/mol. The molecule has 1 aromatic heterocycles. The Bertz CT molecular complexity index is 711. The van der Waals surface area contributed by atoms with Gasteiger partial charge in [-0.2, -0.15) is 0 Å². The summed E-state index contributed by atoms with van der Waals surface area (Å²) < 4.78 is 11.9. The summed E-state index contributed by atoms with van der Waals surface area (Å²) >= 11 is 1.72. The van der Waals surface area contributed by atoms with Crippen molar-refractivity contribution in [1.29, 1.82) is 0 Å². The Labute approximate surface area is 127 Å². The molecule has 1 heterocycles. The van der Waals surface area contributed by atoms with Gasteiger partial charge in [-0.3, -0.25) is 0 Å². The minimum Gasteiger partial charge on any atom is -0.497 e. The Balaban J connectivity index is 2.02. The van der Waals surface area contributed by atoms with E-state index in [0.717, 1.165) is 21.9 Å². The lowest BCUT2D eigenvalue weighted by molar-refractivity contribution is 0.393. The van der Waals surface area contributed by atoms with Crippen LogP contribution in [0.3, 0.4) is 0 Å². The molecule has 0 aliphatic heterocycles. The van der Waals surface area contributed by atoms with E-state index in [9.17, 15) is 0 Å². The van der Waals surface area contributed by atoms with E-state index < -0.39 is 0 Å². The fraction of sp³-hybridized carbons (Fsp3) is 0.176. The molecule has 2 N–H and O–H groups in total. The van der Waals surface area contributed by atoms with Crippen molar-refractivity contribution >= 4 is 21.4 Å². The lowest BCUT2D eigenvalue weighted by Crippen LogP contribution is -2.10. The van der Waals surface area contributed by atoms with Gasteiger partial charge in [-0.15, -0.1) is 11.3 Å². The summed E-state index contributed by atoms with van der Waals surface area (Å²) in [5.74, 6) is 1.50. The normalized spacial score (nSPS) is 12.3. The van der Waals surface area contributed by atoms with Crippen molar-refractivity contribution in [2.24, 2.45) is 5.73 Å². The largest absolute Gasteiger partial charge is 0.497 e. The molecule has 0 spiro atoms. The van der Waals surface area contributed by atoms with E-state index in [1.807, 2.05) is 30.3 Å². The molecule has 1 unspecified atom stereocenters. The van der Waals surface area contributed by atoms with Gasteiger partial charge in [-0.25, -0.2) is 0 Å². The van der Waals surface area contributed by atoms with Crippen molar-refractivity contribution in [3.8, 4) is 11.5 Å². The van der Waals surface area contributed by atoms with Crippen LogP contribution in [0.2, 0.25) is 0 Å². The summed E-state index contributed by atoms with van der Waals surface area (Å²) in [6.07, 6.45) is 0. The van der Waals surface area contributed by atoms with Crippen LogP contribution in [0.15, 0.2) is 48.5 Å². The molecule has 0 saturated heterocycles. The Hall–Kier alpha value is -2.04. The van der Waals surface area contributed by atoms with Crippen molar-refractivity contribution in [3.63, 3.8) is 0 Å². The number of fused-ring (bicyclic) bond motifs is 1. The smallest absolute Gasteiger partial charge is 0.122 e. The third-order valence-corrected chi connectivity index (χ3v) is 4.68. The van der Waals surface area contributed by atoms with Gasteiger partial charge in [0.15, 0.2) is 0 Å². The Morgan fingerprint density at radius 2 is 1.62 bits per heavy atom. The van der Waals surface area contributed by atoms with Crippen LogP contribution in [0.1, 0.15) is 16.5 Å². The van der Waals surface area contributed by atoms with Gasteiger partial charge in [0.05, 0.1) is 20.3 Å². The van der Waals surface area contributed by atoms with Crippen molar-refractivity contribution in [2.75, 3.05) is 14.2 Å². The van der Waals surface area contributed by atoms with Crippen LogP contribution >= 0.6 is 11.3 Å². The highest BCUT2D eigenvalue weighted by Gasteiger charge is 2.14. The molecule has 2 aromatic carbocycles. The van der Waals surface area contributed by atoms with Gasteiger partial charge in [-0.1, -0.05) is 18.2 Å². The molecule has 4 heteroatoms. The van der Waals surface area contributed by atoms with E-state index in [2.05, 4.69) is 18.2 Å². The first-order valence-electron chi connectivity index (χ1n) is 6.68. The highest BCUT2D eigenvalue weighted by atomic mass is 32.1. The molecule has 3 nitrogen and oxygen atoms in total. The van der Waals surface area contributed by atoms with Crippen LogP contribution in [0.25, 0.3) is 10.1 Å². The zero-order chi connectivity index (χ0) is 14.8. The minimum atomic E-state index is -0.189. The molecule has 21 heavy (non-hydrogen) atoms. The Morgan fingerprint density at radius 1 is 0.952 bits per heavy atom. The number of benzene rings is 2. The summed E-state index contributed by atoms with van der Waals surface area (Å²) in [5, 5.41) is 1.22. The zero-order valence-electron chi connectivity index (χ0n) is 12.0. The fourth-order valence-corrected chi connectivity index (χ4v) is 3.42. The minimum absolute atomic E-state index is 0.189. The number of ether oxygens (including phenoxy) is 2. The summed E-state index contributed by atoms with van der Waals surface area (Å²) in [6, 6.07) is 16.0. The summed E-state index contributed by atoms with van der Waals surface area (Å²) in [7, 11) is 3.28. The maximum atomic E-state index is 6.43. The lowest BCUT2D eigenvalue weighted by atomic mass is 10.0. The second-order valence-corrected chi connectivity index (χ2v) is 5.93. The van der Waals surface area contributed by atoms with Crippen LogP contribution in [-0.2, 0) is 0 Å². The summed E-state index contributed by atoms with van der Waals surface area (Å²) in [5.41, 5.74) is 7.41. The standard InChI is InChI=1S/C17H17NO2S/c1-19-13-7-12(8-14(10-13)20-2)17(18)16-9-11-5-3-4-6-15(11)21-16/h3-10,17H,18H2,1-2H3. The van der Waals surface area contributed by atoms with E-state index in [0.29, 0.717) is 0 Å². The molecule has 0 radical (unpaired) electrons. The van der Waals surface area contributed by atoms with Crippen LogP contribution in [0.4, 0.5) is 0 Å². The van der Waals surface area contributed by atoms with E-state index >= 15 is 0 Å². The van der Waals surface area contributed by atoms with Gasteiger partial charge in [0.1, 0.15) is 11.5 Å². The monoisotopic (exact) mass is 299 g/mol. The lowest BCUT2D eigenvalue weighted by Gasteiger charge is -2.13. The third-order valence-electron chi connectivity index (χ3n) is 3.48. The molecule has 0 aliphatic rings. The molecule has 1 atom stereocenters. The number of hydrogen-bond acceptors (Lipinski definition) is 4. The second-order valence-electron chi connectivity index (χ2n) is 4.81. The molecule has 108 valence electrons. The quantitative estimate of drug-likeness (QED) is 0.793. The fourth-order valence-electron chi connectivity index (χ4n) is 2.33. The molecular formula is C17H17NO2S. The third kappa shape index (κ3) is 2.73. The molecule has 3 aromatic rings. The number of nitrogens with two attached hydrogens (primary N) is 1. The van der Waals surface area contributed by atoms with Crippen LogP contribution in [-0.4, -0.2) is 14.2 Å². The first-order chi connectivity index (χ1) is 10.2. The maximum Gasteiger partial charge on any atom is 0.122 e. The van der Waals surface area contributed by atoms with Crippen molar-refractivity contribution in [3.05, 3.63) is 59.0 Å². The first kappa shape index (κ1) is 13.9. The van der Waals surface area contributed by atoms with Crippen LogP contribution < -0.4 is 15.2 Å². The molecule has 0 amide bonds. The van der Waals surface area contributed by atoms with Gasteiger partial charge in [0, 0.05) is 15.6 Å². The molecule has 3 rings (SSSR count). The molecule has 0 aliphatic carbocycles. The molecule has 0 bridgehead atoms.